The first-order valence-electron chi connectivity index (χ1n) is 9.52. The van der Waals surface area contributed by atoms with Crippen molar-refractivity contribution in [2.24, 2.45) is 0 Å². The molecule has 0 spiro atoms. The molecule has 0 fully saturated rings. The molecule has 0 bridgehead atoms. The summed E-state index contributed by atoms with van der Waals surface area (Å²) in [6.45, 7) is 2.22. The van der Waals surface area contributed by atoms with E-state index in [1.165, 1.54) is 38.5 Å². The topological polar surface area (TPSA) is 43.4 Å². The number of hydrogen-bond acceptors (Lipinski definition) is 3. The Labute approximate surface area is 152 Å². The molecule has 0 aliphatic rings. The van der Waals surface area contributed by atoms with Crippen molar-refractivity contribution < 1.29 is 12.6 Å². The number of hydrogen-bond donors (Lipinski definition) is 0. The minimum Gasteiger partial charge on any atom is -0.382 e. The van der Waals surface area contributed by atoms with Gasteiger partial charge in [0.1, 0.15) is 5.75 Å². The van der Waals surface area contributed by atoms with Gasteiger partial charge in [0.15, 0.2) is 0 Å². The first kappa shape index (κ1) is 19.8. The van der Waals surface area contributed by atoms with Crippen molar-refractivity contribution in [3.63, 3.8) is 0 Å². The van der Waals surface area contributed by atoms with E-state index in [0.717, 1.165) is 23.6 Å². The van der Waals surface area contributed by atoms with Crippen molar-refractivity contribution in [1.82, 2.24) is 0 Å². The van der Waals surface area contributed by atoms with Crippen LogP contribution in [0, 0.1) is 0 Å². The van der Waals surface area contributed by atoms with Crippen LogP contribution in [-0.4, -0.2) is 14.2 Å². The molecule has 0 atom stereocenters. The normalized spacial score (nSPS) is 11.7. The Morgan fingerprint density at radius 3 is 2.08 bits per heavy atom. The van der Waals surface area contributed by atoms with Gasteiger partial charge in [-0.25, -0.2) is 0 Å². The maximum absolute atomic E-state index is 12.2. The molecule has 25 heavy (non-hydrogen) atoms. The predicted molar refractivity (Wildman–Crippen MR) is 106 cm³/mol. The van der Waals surface area contributed by atoms with Gasteiger partial charge in [0.2, 0.25) is 0 Å². The molecular weight excluding hydrogens is 332 g/mol. The average molecular weight is 363 g/mol. The summed E-state index contributed by atoms with van der Waals surface area (Å²) in [5.41, 5.74) is 0. The lowest BCUT2D eigenvalue weighted by molar-refractivity contribution is 0.484. The highest BCUT2D eigenvalue weighted by Crippen LogP contribution is 2.26. The second kappa shape index (κ2) is 10.4. The lowest BCUT2D eigenvalue weighted by Crippen LogP contribution is -2.14. The van der Waals surface area contributed by atoms with E-state index in [2.05, 4.69) is 6.92 Å². The maximum atomic E-state index is 12.2. The first-order chi connectivity index (χ1) is 12.1. The molecule has 0 amide bonds. The van der Waals surface area contributed by atoms with E-state index in [1.54, 1.807) is 6.07 Å². The Balaban J connectivity index is 1.73. The lowest BCUT2D eigenvalue weighted by atomic mass is 10.1. The summed E-state index contributed by atoms with van der Waals surface area (Å²) in [6.07, 6.45) is 10.4. The Morgan fingerprint density at radius 2 is 1.36 bits per heavy atom. The van der Waals surface area contributed by atoms with Gasteiger partial charge in [-0.1, -0.05) is 94.7 Å². The summed E-state index contributed by atoms with van der Waals surface area (Å²) in [7, 11) is -3.53. The van der Waals surface area contributed by atoms with Crippen molar-refractivity contribution in [3.05, 3.63) is 42.5 Å². The predicted octanol–water partition coefficient (Wildman–Crippen LogP) is 6.08. The zero-order valence-corrected chi connectivity index (χ0v) is 16.1. The second-order valence-corrected chi connectivity index (χ2v) is 8.34. The van der Waals surface area contributed by atoms with Gasteiger partial charge >= 0.3 is 10.1 Å². The SMILES string of the molecule is CCCCCCCCCCCS(=O)(=O)Oc1cccc2ccccc12. The standard InChI is InChI=1S/C21H30O3S/c1-2-3-4-5-6-7-8-9-12-18-25(22,23)24-21-17-13-15-19-14-10-11-16-20(19)21/h10-11,13-17H,2-9,12,18H2,1H3. The van der Waals surface area contributed by atoms with Gasteiger partial charge in [-0.15, -0.1) is 0 Å². The van der Waals surface area contributed by atoms with Crippen LogP contribution in [0.15, 0.2) is 42.5 Å². The van der Waals surface area contributed by atoms with E-state index in [1.807, 2.05) is 36.4 Å². The molecule has 138 valence electrons. The largest absolute Gasteiger partial charge is 0.382 e. The molecule has 0 saturated carbocycles. The molecule has 0 heterocycles. The average Bonchev–Trinajstić information content (AvgIpc) is 2.60. The highest BCUT2D eigenvalue weighted by atomic mass is 32.2. The van der Waals surface area contributed by atoms with Crippen LogP contribution < -0.4 is 4.18 Å². The van der Waals surface area contributed by atoms with Crippen LogP contribution in [0.1, 0.15) is 64.7 Å². The minimum atomic E-state index is -3.53. The Kier molecular flexibility index (Phi) is 8.26. The number of unbranched alkanes of at least 4 members (excludes halogenated alkanes) is 8. The summed E-state index contributed by atoms with van der Waals surface area (Å²) < 4.78 is 29.8. The quantitative estimate of drug-likeness (QED) is 0.339. The van der Waals surface area contributed by atoms with Crippen LogP contribution in [0.25, 0.3) is 10.8 Å². The molecule has 0 radical (unpaired) electrons. The van der Waals surface area contributed by atoms with Crippen molar-refractivity contribution in [2.75, 3.05) is 5.75 Å². The molecule has 0 N–H and O–H groups in total. The van der Waals surface area contributed by atoms with E-state index >= 15 is 0 Å². The molecule has 4 heteroatoms. The zero-order chi connectivity index (χ0) is 18.0. The summed E-state index contributed by atoms with van der Waals surface area (Å²) in [5.74, 6) is 0.514. The molecule has 0 aromatic heterocycles. The van der Waals surface area contributed by atoms with E-state index in [4.69, 9.17) is 4.18 Å². The third kappa shape index (κ3) is 7.07. The fourth-order valence-electron chi connectivity index (χ4n) is 3.04. The number of fused-ring (bicyclic) bond motifs is 1. The van der Waals surface area contributed by atoms with Crippen LogP contribution in [-0.2, 0) is 10.1 Å². The molecule has 0 aliphatic carbocycles. The van der Waals surface area contributed by atoms with Gasteiger partial charge in [-0.2, -0.15) is 8.42 Å². The van der Waals surface area contributed by atoms with E-state index in [9.17, 15) is 8.42 Å². The van der Waals surface area contributed by atoms with Gasteiger partial charge in [-0.05, 0) is 17.9 Å². The van der Waals surface area contributed by atoms with Crippen molar-refractivity contribution >= 4 is 20.9 Å². The van der Waals surface area contributed by atoms with Gasteiger partial charge in [0.25, 0.3) is 0 Å². The summed E-state index contributed by atoms with van der Waals surface area (Å²) >= 11 is 0. The third-order valence-electron chi connectivity index (χ3n) is 4.46. The van der Waals surface area contributed by atoms with E-state index in [-0.39, 0.29) is 5.75 Å². The summed E-state index contributed by atoms with van der Waals surface area (Å²) in [4.78, 5) is 0. The zero-order valence-electron chi connectivity index (χ0n) is 15.2. The van der Waals surface area contributed by atoms with Gasteiger partial charge < -0.3 is 4.18 Å². The lowest BCUT2D eigenvalue weighted by Gasteiger charge is -2.09. The molecule has 0 aliphatic heterocycles. The summed E-state index contributed by atoms with van der Waals surface area (Å²) in [6, 6.07) is 13.2. The minimum absolute atomic E-state index is 0.0893. The van der Waals surface area contributed by atoms with Crippen LogP contribution in [0.4, 0.5) is 0 Å². The number of benzene rings is 2. The Hall–Kier alpha value is -1.55. The van der Waals surface area contributed by atoms with Gasteiger partial charge in [0, 0.05) is 5.39 Å². The highest BCUT2D eigenvalue weighted by Gasteiger charge is 2.14. The van der Waals surface area contributed by atoms with Crippen LogP contribution in [0.2, 0.25) is 0 Å². The van der Waals surface area contributed by atoms with Gasteiger partial charge in [-0.3, -0.25) is 0 Å². The fourth-order valence-corrected chi connectivity index (χ4v) is 4.10. The Bertz CT molecular complexity index is 732. The molecule has 2 aromatic carbocycles. The maximum Gasteiger partial charge on any atom is 0.309 e. The monoisotopic (exact) mass is 362 g/mol. The molecule has 2 rings (SSSR count). The third-order valence-corrected chi connectivity index (χ3v) is 5.69. The molecule has 2 aromatic rings. The number of rotatable bonds is 12. The molecule has 3 nitrogen and oxygen atoms in total. The molecule has 0 saturated heterocycles. The van der Waals surface area contributed by atoms with E-state index in [0.29, 0.717) is 12.2 Å². The molecular formula is C21H30O3S. The van der Waals surface area contributed by atoms with Gasteiger partial charge in [0.05, 0.1) is 5.75 Å². The van der Waals surface area contributed by atoms with Crippen LogP contribution in [0.3, 0.4) is 0 Å². The fraction of sp³-hybridized carbons (Fsp3) is 0.524. The molecule has 0 unspecified atom stereocenters. The van der Waals surface area contributed by atoms with Crippen molar-refractivity contribution in [1.29, 1.82) is 0 Å². The highest BCUT2D eigenvalue weighted by molar-refractivity contribution is 7.87. The van der Waals surface area contributed by atoms with E-state index < -0.39 is 10.1 Å². The van der Waals surface area contributed by atoms with Crippen LogP contribution >= 0.6 is 0 Å². The Morgan fingerprint density at radius 1 is 0.760 bits per heavy atom. The summed E-state index contributed by atoms with van der Waals surface area (Å²) in [5, 5.41) is 1.82. The smallest absolute Gasteiger partial charge is 0.309 e. The first-order valence-corrected chi connectivity index (χ1v) is 11.1. The second-order valence-electron chi connectivity index (χ2n) is 6.65. The van der Waals surface area contributed by atoms with Crippen molar-refractivity contribution in [2.45, 2.75) is 64.7 Å². The van der Waals surface area contributed by atoms with Crippen molar-refractivity contribution in [3.8, 4) is 5.75 Å². The van der Waals surface area contributed by atoms with Crippen LogP contribution in [0.5, 0.6) is 5.75 Å².